The third-order valence-corrected chi connectivity index (χ3v) is 2.60. The molecule has 0 amide bonds. The molecule has 1 aromatic heterocycles. The van der Waals surface area contributed by atoms with Gasteiger partial charge in [0, 0.05) is 11.8 Å². The first-order chi connectivity index (χ1) is 8.22. The number of aryl methyl sites for hydroxylation is 1. The quantitative estimate of drug-likeness (QED) is 0.706. The van der Waals surface area contributed by atoms with Crippen molar-refractivity contribution in [2.24, 2.45) is 0 Å². The summed E-state index contributed by atoms with van der Waals surface area (Å²) in [5.74, 6) is 0.867. The highest BCUT2D eigenvalue weighted by Crippen LogP contribution is 2.11. The minimum Gasteiger partial charge on any atom is -0.478 e. The van der Waals surface area contributed by atoms with E-state index in [2.05, 4.69) is 16.9 Å². The van der Waals surface area contributed by atoms with E-state index >= 15 is 0 Å². The number of unbranched alkanes of at least 4 members (excludes halogenated alkanes) is 5. The summed E-state index contributed by atoms with van der Waals surface area (Å²) in [6, 6.07) is 1.81. The lowest BCUT2D eigenvalue weighted by atomic mass is 10.1. The van der Waals surface area contributed by atoms with Gasteiger partial charge in [0.2, 0.25) is 11.8 Å². The molecule has 0 saturated heterocycles. The zero-order valence-corrected chi connectivity index (χ0v) is 10.9. The molecule has 0 aromatic carbocycles. The predicted octanol–water partition coefficient (Wildman–Crippen LogP) is 3.11. The fourth-order valence-electron chi connectivity index (χ4n) is 1.69. The second-order valence-electron chi connectivity index (χ2n) is 4.32. The number of rotatable bonds is 8. The van der Waals surface area contributed by atoms with Crippen LogP contribution in [-0.2, 0) is 0 Å². The van der Waals surface area contributed by atoms with Crippen molar-refractivity contribution >= 4 is 5.95 Å². The standard InChI is InChI=1S/C13H23N3O/c1-3-4-5-6-7-8-9-17-12-10-11(2)15-13(14)16-12/h10H,3-9H2,1-2H3,(H2,14,15,16). The summed E-state index contributed by atoms with van der Waals surface area (Å²) in [4.78, 5) is 8.02. The SMILES string of the molecule is CCCCCCCCOc1cc(C)nc(N)n1. The van der Waals surface area contributed by atoms with Crippen molar-refractivity contribution in [2.75, 3.05) is 12.3 Å². The summed E-state index contributed by atoms with van der Waals surface area (Å²) >= 11 is 0. The molecule has 0 aliphatic heterocycles. The van der Waals surface area contributed by atoms with Gasteiger partial charge in [0.05, 0.1) is 6.61 Å². The van der Waals surface area contributed by atoms with Crippen LogP contribution < -0.4 is 10.5 Å². The molecule has 4 heteroatoms. The van der Waals surface area contributed by atoms with Crippen LogP contribution in [0.25, 0.3) is 0 Å². The first-order valence-corrected chi connectivity index (χ1v) is 6.46. The number of anilines is 1. The number of hydrogen-bond donors (Lipinski definition) is 1. The average Bonchev–Trinajstić information content (AvgIpc) is 2.26. The first-order valence-electron chi connectivity index (χ1n) is 6.46. The number of nitrogens with zero attached hydrogens (tertiary/aromatic N) is 2. The Morgan fingerprint density at radius 1 is 1.12 bits per heavy atom. The van der Waals surface area contributed by atoms with Gasteiger partial charge in [-0.3, -0.25) is 0 Å². The van der Waals surface area contributed by atoms with Crippen LogP contribution in [0.1, 0.15) is 51.1 Å². The molecule has 0 fully saturated rings. The number of ether oxygens (including phenoxy) is 1. The summed E-state index contributed by atoms with van der Waals surface area (Å²) in [6.45, 7) is 4.82. The molecule has 96 valence electrons. The second kappa shape index (κ2) is 7.87. The largest absolute Gasteiger partial charge is 0.478 e. The first kappa shape index (κ1) is 13.7. The smallest absolute Gasteiger partial charge is 0.223 e. The van der Waals surface area contributed by atoms with Crippen LogP contribution in [0.5, 0.6) is 5.88 Å². The van der Waals surface area contributed by atoms with E-state index in [1.165, 1.54) is 32.1 Å². The van der Waals surface area contributed by atoms with E-state index in [0.717, 1.165) is 12.1 Å². The molecular formula is C13H23N3O. The van der Waals surface area contributed by atoms with Gasteiger partial charge in [-0.1, -0.05) is 39.0 Å². The van der Waals surface area contributed by atoms with Gasteiger partial charge in [-0.05, 0) is 13.3 Å². The van der Waals surface area contributed by atoms with E-state index in [1.54, 1.807) is 0 Å². The molecule has 0 aliphatic carbocycles. The highest BCUT2D eigenvalue weighted by Gasteiger charge is 1.99. The maximum Gasteiger partial charge on any atom is 0.223 e. The van der Waals surface area contributed by atoms with Gasteiger partial charge in [-0.2, -0.15) is 4.98 Å². The monoisotopic (exact) mass is 237 g/mol. The topological polar surface area (TPSA) is 61.0 Å². The van der Waals surface area contributed by atoms with Crippen LogP contribution in [-0.4, -0.2) is 16.6 Å². The fourth-order valence-corrected chi connectivity index (χ4v) is 1.69. The van der Waals surface area contributed by atoms with Crippen molar-refractivity contribution in [3.05, 3.63) is 11.8 Å². The lowest BCUT2D eigenvalue weighted by Crippen LogP contribution is -2.03. The third kappa shape index (κ3) is 6.09. The summed E-state index contributed by atoms with van der Waals surface area (Å²) in [6.07, 6.45) is 7.54. The van der Waals surface area contributed by atoms with Crippen molar-refractivity contribution < 1.29 is 4.74 Å². The van der Waals surface area contributed by atoms with E-state index in [4.69, 9.17) is 10.5 Å². The van der Waals surface area contributed by atoms with Gasteiger partial charge in [-0.15, -0.1) is 0 Å². The lowest BCUT2D eigenvalue weighted by molar-refractivity contribution is 0.293. The van der Waals surface area contributed by atoms with E-state index in [0.29, 0.717) is 12.5 Å². The maximum absolute atomic E-state index is 5.54. The van der Waals surface area contributed by atoms with Crippen molar-refractivity contribution in [1.82, 2.24) is 9.97 Å². The number of nitrogens with two attached hydrogens (primary N) is 1. The van der Waals surface area contributed by atoms with Crippen LogP contribution in [0, 0.1) is 6.92 Å². The summed E-state index contributed by atoms with van der Waals surface area (Å²) in [5.41, 5.74) is 6.39. The Hall–Kier alpha value is -1.32. The molecular weight excluding hydrogens is 214 g/mol. The Labute approximate surface area is 104 Å². The van der Waals surface area contributed by atoms with Gasteiger partial charge in [0.15, 0.2) is 0 Å². The molecule has 4 nitrogen and oxygen atoms in total. The van der Waals surface area contributed by atoms with Crippen LogP contribution >= 0.6 is 0 Å². The molecule has 17 heavy (non-hydrogen) atoms. The van der Waals surface area contributed by atoms with Gasteiger partial charge in [0.25, 0.3) is 0 Å². The number of aromatic nitrogens is 2. The van der Waals surface area contributed by atoms with Crippen LogP contribution in [0.15, 0.2) is 6.07 Å². The Kier molecular flexibility index (Phi) is 6.37. The Morgan fingerprint density at radius 2 is 1.82 bits per heavy atom. The van der Waals surface area contributed by atoms with E-state index < -0.39 is 0 Å². The lowest BCUT2D eigenvalue weighted by Gasteiger charge is -2.06. The van der Waals surface area contributed by atoms with E-state index in [9.17, 15) is 0 Å². The van der Waals surface area contributed by atoms with Crippen LogP contribution in [0.2, 0.25) is 0 Å². The molecule has 0 atom stereocenters. The molecule has 2 N–H and O–H groups in total. The highest BCUT2D eigenvalue weighted by molar-refractivity contribution is 5.25. The Bertz CT molecular complexity index is 308. The van der Waals surface area contributed by atoms with Crippen molar-refractivity contribution in [3.8, 4) is 5.88 Å². The van der Waals surface area contributed by atoms with Gasteiger partial charge in [0.1, 0.15) is 0 Å². The molecule has 0 spiro atoms. The minimum absolute atomic E-state index is 0.281. The van der Waals surface area contributed by atoms with Crippen molar-refractivity contribution in [3.63, 3.8) is 0 Å². The molecule has 1 rings (SSSR count). The third-order valence-electron chi connectivity index (χ3n) is 2.60. The summed E-state index contributed by atoms with van der Waals surface area (Å²) < 4.78 is 5.54. The molecule has 0 saturated carbocycles. The summed E-state index contributed by atoms with van der Waals surface area (Å²) in [7, 11) is 0. The average molecular weight is 237 g/mol. The molecule has 1 heterocycles. The highest BCUT2D eigenvalue weighted by atomic mass is 16.5. The Balaban J connectivity index is 2.13. The van der Waals surface area contributed by atoms with Crippen LogP contribution in [0.3, 0.4) is 0 Å². The van der Waals surface area contributed by atoms with E-state index in [1.807, 2.05) is 13.0 Å². The van der Waals surface area contributed by atoms with Gasteiger partial charge < -0.3 is 10.5 Å². The molecule has 0 unspecified atom stereocenters. The second-order valence-corrected chi connectivity index (χ2v) is 4.32. The molecule has 0 aliphatic rings. The predicted molar refractivity (Wildman–Crippen MR) is 70.1 cm³/mol. The molecule has 0 bridgehead atoms. The van der Waals surface area contributed by atoms with Gasteiger partial charge >= 0.3 is 0 Å². The van der Waals surface area contributed by atoms with Crippen molar-refractivity contribution in [1.29, 1.82) is 0 Å². The van der Waals surface area contributed by atoms with Crippen LogP contribution in [0.4, 0.5) is 5.95 Å². The van der Waals surface area contributed by atoms with Crippen molar-refractivity contribution in [2.45, 2.75) is 52.4 Å². The maximum atomic E-state index is 5.54. The van der Waals surface area contributed by atoms with E-state index in [-0.39, 0.29) is 5.95 Å². The minimum atomic E-state index is 0.281. The van der Waals surface area contributed by atoms with Gasteiger partial charge in [-0.25, -0.2) is 4.98 Å². The molecule has 1 aromatic rings. The zero-order valence-electron chi connectivity index (χ0n) is 10.9. The number of hydrogen-bond acceptors (Lipinski definition) is 4. The normalized spacial score (nSPS) is 10.5. The Morgan fingerprint density at radius 3 is 2.53 bits per heavy atom. The summed E-state index contributed by atoms with van der Waals surface area (Å²) in [5, 5.41) is 0. The fraction of sp³-hybridized carbons (Fsp3) is 0.692. The molecule has 0 radical (unpaired) electrons. The number of nitrogen functional groups attached to an aromatic ring is 1. The zero-order chi connectivity index (χ0) is 12.5.